The summed E-state index contributed by atoms with van der Waals surface area (Å²) in [5, 5.41) is 3.92. The molecule has 0 saturated carbocycles. The predicted molar refractivity (Wildman–Crippen MR) is 131 cm³/mol. The maximum atomic E-state index is 12.9. The molecule has 0 radical (unpaired) electrons. The number of carbonyl (C=O) groups excluding carboxylic acids is 1. The molecule has 4 aromatic rings. The number of nitrogens with zero attached hydrogens (tertiary/aromatic N) is 2. The lowest BCUT2D eigenvalue weighted by molar-refractivity contribution is -0.116. The largest absolute Gasteiger partial charge is 0.331 e. The van der Waals surface area contributed by atoms with E-state index in [1.807, 2.05) is 28.8 Å². The first-order valence-electron chi connectivity index (χ1n) is 10.6. The molecule has 8 heteroatoms. The van der Waals surface area contributed by atoms with Gasteiger partial charge >= 0.3 is 0 Å². The van der Waals surface area contributed by atoms with Gasteiger partial charge in [0.25, 0.3) is 0 Å². The second kappa shape index (κ2) is 8.80. The lowest BCUT2D eigenvalue weighted by Gasteiger charge is -2.21. The van der Waals surface area contributed by atoms with Crippen molar-refractivity contribution >= 4 is 43.4 Å². The Morgan fingerprint density at radius 1 is 0.909 bits per heavy atom. The molecule has 1 amide bonds. The predicted octanol–water partition coefficient (Wildman–Crippen LogP) is 3.82. The fourth-order valence-corrected chi connectivity index (χ4v) is 5.11. The molecule has 1 aromatic heterocycles. The van der Waals surface area contributed by atoms with Crippen molar-refractivity contribution in [1.82, 2.24) is 8.87 Å². The number of nitrogens with one attached hydrogen (secondary N) is 1. The molecule has 0 atom stereocenters. The Morgan fingerprint density at radius 3 is 1.94 bits per heavy atom. The zero-order valence-electron chi connectivity index (χ0n) is 18.6. The third-order valence-electron chi connectivity index (χ3n) is 5.72. The number of hydrogen-bond acceptors (Lipinski definition) is 4. The van der Waals surface area contributed by atoms with E-state index in [1.54, 1.807) is 50.2 Å². The van der Waals surface area contributed by atoms with Crippen LogP contribution in [0.25, 0.3) is 21.8 Å². The van der Waals surface area contributed by atoms with Crippen LogP contribution in [0.1, 0.15) is 13.8 Å². The Labute approximate surface area is 192 Å². The molecule has 33 heavy (non-hydrogen) atoms. The Balaban J connectivity index is 1.62. The molecule has 7 nitrogen and oxygen atoms in total. The minimum absolute atomic E-state index is 0.00254. The highest BCUT2D eigenvalue weighted by molar-refractivity contribution is 7.89. The normalized spacial score (nSPS) is 12.0. The molecule has 170 valence electrons. The third kappa shape index (κ3) is 4.27. The van der Waals surface area contributed by atoms with Crippen LogP contribution in [-0.4, -0.2) is 36.3 Å². The quantitative estimate of drug-likeness (QED) is 0.440. The number of anilines is 1. The van der Waals surface area contributed by atoms with E-state index in [-0.39, 0.29) is 28.8 Å². The first kappa shape index (κ1) is 22.7. The number of hydrogen-bond donors (Lipinski definition) is 1. The van der Waals surface area contributed by atoms with Crippen LogP contribution in [0.15, 0.2) is 82.5 Å². The molecule has 3 aromatic carbocycles. The van der Waals surface area contributed by atoms with Crippen LogP contribution in [0.3, 0.4) is 0 Å². The SMILES string of the molecule is CC(C)N(C)S(=O)(=O)c1ccc(NC(=O)Cn2c3ccccc3c(=O)c3ccccc32)cc1. The topological polar surface area (TPSA) is 88.5 Å². The van der Waals surface area contributed by atoms with E-state index in [1.165, 1.54) is 23.5 Å². The Morgan fingerprint density at radius 2 is 1.42 bits per heavy atom. The van der Waals surface area contributed by atoms with Crippen molar-refractivity contribution < 1.29 is 13.2 Å². The molecule has 1 heterocycles. The van der Waals surface area contributed by atoms with Crippen LogP contribution >= 0.6 is 0 Å². The van der Waals surface area contributed by atoms with E-state index in [4.69, 9.17) is 0 Å². The standard InChI is InChI=1S/C25H25N3O4S/c1-17(2)27(3)33(31,32)19-14-12-18(13-15-19)26-24(29)16-28-22-10-6-4-8-20(22)25(30)21-9-5-7-11-23(21)28/h4-15,17H,16H2,1-3H3,(H,26,29). The molecule has 4 rings (SSSR count). The minimum Gasteiger partial charge on any atom is -0.331 e. The van der Waals surface area contributed by atoms with Crippen molar-refractivity contribution in [2.45, 2.75) is 31.3 Å². The second-order valence-corrected chi connectivity index (χ2v) is 10.1. The molecule has 0 aliphatic heterocycles. The summed E-state index contributed by atoms with van der Waals surface area (Å²) in [6, 6.07) is 20.3. The summed E-state index contributed by atoms with van der Waals surface area (Å²) in [6.45, 7) is 3.60. The summed E-state index contributed by atoms with van der Waals surface area (Å²) >= 11 is 0. The van der Waals surface area contributed by atoms with E-state index >= 15 is 0 Å². The van der Waals surface area contributed by atoms with Gasteiger partial charge in [-0.2, -0.15) is 4.31 Å². The van der Waals surface area contributed by atoms with E-state index in [9.17, 15) is 18.0 Å². The fourth-order valence-electron chi connectivity index (χ4n) is 3.75. The lowest BCUT2D eigenvalue weighted by Crippen LogP contribution is -2.33. The Bertz CT molecular complexity index is 1450. The van der Waals surface area contributed by atoms with Gasteiger partial charge in [-0.1, -0.05) is 24.3 Å². The molecule has 0 aliphatic carbocycles. The summed E-state index contributed by atoms with van der Waals surface area (Å²) in [5.41, 5.74) is 1.77. The molecule has 0 spiro atoms. The van der Waals surface area contributed by atoms with Gasteiger partial charge in [-0.05, 0) is 62.4 Å². The highest BCUT2D eigenvalue weighted by atomic mass is 32.2. The van der Waals surface area contributed by atoms with Gasteiger partial charge in [0, 0.05) is 29.5 Å². The summed E-state index contributed by atoms with van der Waals surface area (Å²) in [7, 11) is -2.06. The molecule has 0 fully saturated rings. The number of rotatable bonds is 6. The van der Waals surface area contributed by atoms with Crippen molar-refractivity contribution in [2.24, 2.45) is 0 Å². The fraction of sp³-hybridized carbons (Fsp3) is 0.200. The summed E-state index contributed by atoms with van der Waals surface area (Å²) in [4.78, 5) is 25.9. The maximum absolute atomic E-state index is 12.9. The van der Waals surface area contributed by atoms with Crippen molar-refractivity contribution in [3.63, 3.8) is 0 Å². The van der Waals surface area contributed by atoms with E-state index < -0.39 is 10.0 Å². The first-order valence-corrected chi connectivity index (χ1v) is 12.0. The minimum atomic E-state index is -3.60. The highest BCUT2D eigenvalue weighted by Gasteiger charge is 2.23. The van der Waals surface area contributed by atoms with Crippen LogP contribution in [-0.2, 0) is 21.4 Å². The van der Waals surface area contributed by atoms with Crippen LogP contribution in [0.4, 0.5) is 5.69 Å². The molecule has 0 saturated heterocycles. The van der Waals surface area contributed by atoms with Crippen LogP contribution in [0.5, 0.6) is 0 Å². The third-order valence-corrected chi connectivity index (χ3v) is 7.77. The van der Waals surface area contributed by atoms with Crippen molar-refractivity contribution in [3.05, 3.63) is 83.0 Å². The lowest BCUT2D eigenvalue weighted by atomic mass is 10.1. The van der Waals surface area contributed by atoms with Gasteiger partial charge < -0.3 is 9.88 Å². The number of carbonyl (C=O) groups is 1. The highest BCUT2D eigenvalue weighted by Crippen LogP contribution is 2.21. The van der Waals surface area contributed by atoms with E-state index in [0.29, 0.717) is 27.5 Å². The molecule has 0 aliphatic rings. The Kier molecular flexibility index (Phi) is 6.05. The monoisotopic (exact) mass is 463 g/mol. The average Bonchev–Trinajstić information content (AvgIpc) is 2.81. The van der Waals surface area contributed by atoms with Gasteiger partial charge in [0.05, 0.1) is 15.9 Å². The number of sulfonamides is 1. The number of benzene rings is 3. The van der Waals surface area contributed by atoms with E-state index in [2.05, 4.69) is 5.32 Å². The molecule has 0 bridgehead atoms. The van der Waals surface area contributed by atoms with Gasteiger partial charge in [0.15, 0.2) is 5.43 Å². The van der Waals surface area contributed by atoms with Crippen molar-refractivity contribution in [2.75, 3.05) is 12.4 Å². The molecule has 0 unspecified atom stereocenters. The van der Waals surface area contributed by atoms with Gasteiger partial charge in [0.1, 0.15) is 6.54 Å². The maximum Gasteiger partial charge on any atom is 0.244 e. The molecular formula is C25H25N3O4S. The number of para-hydroxylation sites is 2. The average molecular weight is 464 g/mol. The van der Waals surface area contributed by atoms with Crippen LogP contribution in [0.2, 0.25) is 0 Å². The van der Waals surface area contributed by atoms with Crippen molar-refractivity contribution in [3.8, 4) is 0 Å². The summed E-state index contributed by atoms with van der Waals surface area (Å²) in [6.07, 6.45) is 0. The van der Waals surface area contributed by atoms with Crippen LogP contribution in [0, 0.1) is 0 Å². The number of fused-ring (bicyclic) bond motifs is 2. The van der Waals surface area contributed by atoms with Crippen LogP contribution < -0.4 is 10.7 Å². The van der Waals surface area contributed by atoms with Gasteiger partial charge in [-0.15, -0.1) is 0 Å². The second-order valence-electron chi connectivity index (χ2n) is 8.14. The number of aromatic nitrogens is 1. The first-order chi connectivity index (χ1) is 15.7. The van der Waals surface area contributed by atoms with Gasteiger partial charge in [-0.25, -0.2) is 8.42 Å². The summed E-state index contributed by atoms with van der Waals surface area (Å²) < 4.78 is 28.4. The number of pyridine rings is 1. The Hall–Kier alpha value is -3.49. The molecule has 1 N–H and O–H groups in total. The smallest absolute Gasteiger partial charge is 0.244 e. The zero-order valence-corrected chi connectivity index (χ0v) is 19.5. The van der Waals surface area contributed by atoms with Gasteiger partial charge in [-0.3, -0.25) is 9.59 Å². The van der Waals surface area contributed by atoms with E-state index in [0.717, 1.165) is 0 Å². The molecular weight excluding hydrogens is 438 g/mol. The zero-order chi connectivity index (χ0) is 23.8. The summed E-state index contributed by atoms with van der Waals surface area (Å²) in [5.74, 6) is -0.288. The van der Waals surface area contributed by atoms with Gasteiger partial charge in [0.2, 0.25) is 15.9 Å². The van der Waals surface area contributed by atoms with Crippen molar-refractivity contribution in [1.29, 1.82) is 0 Å². The number of amides is 1.